The van der Waals surface area contributed by atoms with Crippen molar-refractivity contribution < 1.29 is 24.2 Å². The fraction of sp³-hybridized carbons (Fsp3) is 0.818. The predicted molar refractivity (Wildman–Crippen MR) is 63.4 cm³/mol. The predicted octanol–water partition coefficient (Wildman–Crippen LogP) is -0.0936. The zero-order valence-corrected chi connectivity index (χ0v) is 10.7. The van der Waals surface area contributed by atoms with E-state index in [1.54, 1.807) is 7.05 Å². The van der Waals surface area contributed by atoms with Crippen molar-refractivity contribution in [2.45, 2.75) is 25.5 Å². The SMILES string of the molecule is CCO[C@@H]1COC[C@H]1NC(=O)N(C)CCC(=O)O. The van der Waals surface area contributed by atoms with Crippen LogP contribution in [-0.4, -0.2) is 67.6 Å². The van der Waals surface area contributed by atoms with Gasteiger partial charge in [0.25, 0.3) is 0 Å². The summed E-state index contributed by atoms with van der Waals surface area (Å²) in [5.41, 5.74) is 0. The normalized spacial score (nSPS) is 22.8. The molecule has 0 aromatic carbocycles. The van der Waals surface area contributed by atoms with Crippen LogP contribution in [-0.2, 0) is 14.3 Å². The first-order valence-corrected chi connectivity index (χ1v) is 5.97. The Morgan fingerprint density at radius 1 is 1.50 bits per heavy atom. The summed E-state index contributed by atoms with van der Waals surface area (Å²) in [6, 6.07) is -0.485. The van der Waals surface area contributed by atoms with Crippen molar-refractivity contribution in [1.29, 1.82) is 0 Å². The second kappa shape index (κ2) is 7.17. The molecule has 0 unspecified atom stereocenters. The summed E-state index contributed by atoms with van der Waals surface area (Å²) in [7, 11) is 1.56. The van der Waals surface area contributed by atoms with Gasteiger partial charge in [0.05, 0.1) is 25.7 Å². The molecule has 7 heteroatoms. The number of nitrogens with zero attached hydrogens (tertiary/aromatic N) is 1. The third-order valence-electron chi connectivity index (χ3n) is 2.73. The van der Waals surface area contributed by atoms with Crippen LogP contribution in [0.2, 0.25) is 0 Å². The zero-order chi connectivity index (χ0) is 13.5. The number of hydrogen-bond donors (Lipinski definition) is 2. The average molecular weight is 260 g/mol. The molecule has 2 N–H and O–H groups in total. The number of ether oxygens (including phenoxy) is 2. The van der Waals surface area contributed by atoms with Gasteiger partial charge < -0.3 is 24.8 Å². The summed E-state index contributed by atoms with van der Waals surface area (Å²) in [6.45, 7) is 3.51. The van der Waals surface area contributed by atoms with E-state index in [0.717, 1.165) is 0 Å². The Morgan fingerprint density at radius 3 is 2.83 bits per heavy atom. The highest BCUT2D eigenvalue weighted by molar-refractivity contribution is 5.75. The van der Waals surface area contributed by atoms with Crippen LogP contribution in [0.15, 0.2) is 0 Å². The maximum atomic E-state index is 11.8. The molecule has 0 aromatic rings. The van der Waals surface area contributed by atoms with E-state index < -0.39 is 5.97 Å². The molecule has 0 spiro atoms. The van der Waals surface area contributed by atoms with Crippen LogP contribution < -0.4 is 5.32 Å². The quantitative estimate of drug-likeness (QED) is 0.696. The number of amides is 2. The van der Waals surface area contributed by atoms with Crippen molar-refractivity contribution in [2.24, 2.45) is 0 Å². The van der Waals surface area contributed by atoms with Gasteiger partial charge in [0.1, 0.15) is 6.10 Å². The summed E-state index contributed by atoms with van der Waals surface area (Å²) in [5.74, 6) is -0.925. The number of urea groups is 1. The van der Waals surface area contributed by atoms with Crippen molar-refractivity contribution in [2.75, 3.05) is 33.4 Å². The lowest BCUT2D eigenvalue weighted by molar-refractivity contribution is -0.137. The van der Waals surface area contributed by atoms with E-state index in [2.05, 4.69) is 5.32 Å². The molecule has 104 valence electrons. The molecule has 1 aliphatic rings. The smallest absolute Gasteiger partial charge is 0.317 e. The Hall–Kier alpha value is -1.34. The fourth-order valence-electron chi connectivity index (χ4n) is 1.68. The van der Waals surface area contributed by atoms with Gasteiger partial charge in [0.15, 0.2) is 0 Å². The number of hydrogen-bond acceptors (Lipinski definition) is 4. The first-order valence-electron chi connectivity index (χ1n) is 5.97. The van der Waals surface area contributed by atoms with E-state index in [1.165, 1.54) is 4.90 Å². The Bertz CT molecular complexity index is 297. The first-order chi connectivity index (χ1) is 8.54. The lowest BCUT2D eigenvalue weighted by Gasteiger charge is -2.23. The Labute approximate surface area is 106 Å². The van der Waals surface area contributed by atoms with Crippen molar-refractivity contribution in [3.8, 4) is 0 Å². The number of carbonyl (C=O) groups is 2. The lowest BCUT2D eigenvalue weighted by Crippen LogP contribution is -2.48. The third-order valence-corrected chi connectivity index (χ3v) is 2.73. The Morgan fingerprint density at radius 2 is 2.22 bits per heavy atom. The van der Waals surface area contributed by atoms with Crippen molar-refractivity contribution >= 4 is 12.0 Å². The first kappa shape index (κ1) is 14.7. The molecule has 7 nitrogen and oxygen atoms in total. The molecule has 1 aliphatic heterocycles. The Balaban J connectivity index is 2.36. The van der Waals surface area contributed by atoms with E-state index >= 15 is 0 Å². The van der Waals surface area contributed by atoms with E-state index in [4.69, 9.17) is 14.6 Å². The second-order valence-electron chi connectivity index (χ2n) is 4.15. The summed E-state index contributed by atoms with van der Waals surface area (Å²) in [5, 5.41) is 11.3. The summed E-state index contributed by atoms with van der Waals surface area (Å²) >= 11 is 0. The molecule has 1 rings (SSSR count). The monoisotopic (exact) mass is 260 g/mol. The lowest BCUT2D eigenvalue weighted by atomic mass is 10.2. The van der Waals surface area contributed by atoms with Crippen LogP contribution >= 0.6 is 0 Å². The van der Waals surface area contributed by atoms with Crippen LogP contribution in [0.4, 0.5) is 4.79 Å². The number of aliphatic carboxylic acids is 1. The average Bonchev–Trinajstić information content (AvgIpc) is 2.74. The second-order valence-corrected chi connectivity index (χ2v) is 4.15. The van der Waals surface area contributed by atoms with Gasteiger partial charge in [0.2, 0.25) is 0 Å². The standard InChI is InChI=1S/C11H20N2O5/c1-3-18-9-7-17-6-8(9)12-11(16)13(2)5-4-10(14)15/h8-9H,3-7H2,1-2H3,(H,12,16)(H,14,15)/t8-,9-/m1/s1. The molecular weight excluding hydrogens is 240 g/mol. The molecule has 1 heterocycles. The van der Waals surface area contributed by atoms with Crippen LogP contribution in [0.1, 0.15) is 13.3 Å². The molecule has 2 amide bonds. The Kier molecular flexibility index (Phi) is 5.87. The van der Waals surface area contributed by atoms with Gasteiger partial charge in [-0.15, -0.1) is 0 Å². The minimum Gasteiger partial charge on any atom is -0.481 e. The maximum Gasteiger partial charge on any atom is 0.317 e. The van der Waals surface area contributed by atoms with Crippen LogP contribution in [0.3, 0.4) is 0 Å². The topological polar surface area (TPSA) is 88.1 Å². The fourth-order valence-corrected chi connectivity index (χ4v) is 1.68. The highest BCUT2D eigenvalue weighted by Crippen LogP contribution is 2.10. The zero-order valence-electron chi connectivity index (χ0n) is 10.7. The molecule has 0 bridgehead atoms. The largest absolute Gasteiger partial charge is 0.481 e. The number of rotatable bonds is 6. The summed E-state index contributed by atoms with van der Waals surface area (Å²) in [4.78, 5) is 23.5. The molecule has 1 saturated heterocycles. The molecule has 0 saturated carbocycles. The van der Waals surface area contributed by atoms with E-state index in [1.807, 2.05) is 6.92 Å². The maximum absolute atomic E-state index is 11.8. The van der Waals surface area contributed by atoms with Gasteiger partial charge in [-0.3, -0.25) is 4.79 Å². The number of carbonyl (C=O) groups excluding carboxylic acids is 1. The van der Waals surface area contributed by atoms with Gasteiger partial charge in [-0.25, -0.2) is 4.79 Å². The molecule has 0 radical (unpaired) electrons. The van der Waals surface area contributed by atoms with Gasteiger partial charge in [0, 0.05) is 20.2 Å². The summed E-state index contributed by atoms with van der Waals surface area (Å²) in [6.07, 6.45) is -0.202. The van der Waals surface area contributed by atoms with Gasteiger partial charge in [-0.2, -0.15) is 0 Å². The van der Waals surface area contributed by atoms with Gasteiger partial charge >= 0.3 is 12.0 Å². The number of carboxylic acid groups (broad SMARTS) is 1. The summed E-state index contributed by atoms with van der Waals surface area (Å²) < 4.78 is 10.7. The molecule has 2 atom stereocenters. The van der Waals surface area contributed by atoms with Crippen molar-refractivity contribution in [3.63, 3.8) is 0 Å². The van der Waals surface area contributed by atoms with Crippen LogP contribution in [0, 0.1) is 0 Å². The minimum atomic E-state index is -0.925. The van der Waals surface area contributed by atoms with Crippen LogP contribution in [0.25, 0.3) is 0 Å². The highest BCUT2D eigenvalue weighted by Gasteiger charge is 2.30. The highest BCUT2D eigenvalue weighted by atomic mass is 16.5. The minimum absolute atomic E-state index is 0.0695. The molecule has 1 fully saturated rings. The molecule has 0 aliphatic carbocycles. The molecule has 18 heavy (non-hydrogen) atoms. The van der Waals surface area contributed by atoms with Gasteiger partial charge in [-0.05, 0) is 6.92 Å². The van der Waals surface area contributed by atoms with Gasteiger partial charge in [-0.1, -0.05) is 0 Å². The van der Waals surface area contributed by atoms with E-state index in [9.17, 15) is 9.59 Å². The van der Waals surface area contributed by atoms with Crippen molar-refractivity contribution in [1.82, 2.24) is 10.2 Å². The third kappa shape index (κ3) is 4.50. The van der Waals surface area contributed by atoms with Crippen LogP contribution in [0.5, 0.6) is 0 Å². The molecular formula is C11H20N2O5. The van der Waals surface area contributed by atoms with E-state index in [0.29, 0.717) is 19.8 Å². The van der Waals surface area contributed by atoms with E-state index in [-0.39, 0.29) is 31.1 Å². The number of carboxylic acids is 1. The molecule has 0 aromatic heterocycles. The number of nitrogens with one attached hydrogen (secondary N) is 1. The van der Waals surface area contributed by atoms with Crippen molar-refractivity contribution in [3.05, 3.63) is 0 Å².